The fourth-order valence-corrected chi connectivity index (χ4v) is 2.92. The maximum atomic E-state index is 11.5. The molecule has 18 heavy (non-hydrogen) atoms. The van der Waals surface area contributed by atoms with E-state index in [1.54, 1.807) is 6.92 Å². The minimum atomic E-state index is -0.643. The molecule has 1 heterocycles. The Bertz CT molecular complexity index is 511. The molecule has 1 aromatic carbocycles. The molecule has 0 unspecified atom stereocenters. The third-order valence-corrected chi connectivity index (χ3v) is 4.36. The molecule has 2 rings (SSSR count). The summed E-state index contributed by atoms with van der Waals surface area (Å²) in [4.78, 5) is 16.0. The molecule has 1 N–H and O–H groups in total. The molecule has 0 aromatic heterocycles. The van der Waals surface area contributed by atoms with Gasteiger partial charge in [-0.1, -0.05) is 19.6 Å². The molecule has 1 aromatic rings. The van der Waals surface area contributed by atoms with Crippen LogP contribution in [0.3, 0.4) is 0 Å². The lowest BCUT2D eigenvalue weighted by molar-refractivity contribution is -0.120. The first kappa shape index (κ1) is 14.8. The summed E-state index contributed by atoms with van der Waals surface area (Å²) in [7, 11) is 0. The van der Waals surface area contributed by atoms with Gasteiger partial charge in [-0.25, -0.2) is 0 Å². The number of hydrogen-bond donors (Lipinski definition) is 1. The van der Waals surface area contributed by atoms with E-state index in [-0.39, 0.29) is 19.0 Å². The van der Waals surface area contributed by atoms with Gasteiger partial charge in [0.1, 0.15) is 16.3 Å². The topological polar surface area (TPSA) is 49.7 Å². The average molecular weight is 265 g/mol. The Morgan fingerprint density at radius 3 is 2.72 bits per heavy atom. The van der Waals surface area contributed by atoms with E-state index in [4.69, 9.17) is 0 Å². The van der Waals surface area contributed by atoms with Crippen molar-refractivity contribution in [1.82, 2.24) is 0 Å². The summed E-state index contributed by atoms with van der Waals surface area (Å²) in [6, 6.07) is 5.57. The molecular formula is C14H19NO2S. The summed E-state index contributed by atoms with van der Waals surface area (Å²) in [6.45, 7) is 5.24. The average Bonchev–Trinajstić information content (AvgIpc) is 2.66. The van der Waals surface area contributed by atoms with Crippen LogP contribution in [0.5, 0.6) is 5.75 Å². The van der Waals surface area contributed by atoms with Crippen LogP contribution in [0.25, 0.3) is 0 Å². The number of Topliss-reactive ketones (excluding diaryl/α,β-unsaturated/α-hetero) is 1. The van der Waals surface area contributed by atoms with Gasteiger partial charge in [0.05, 0.1) is 0 Å². The van der Waals surface area contributed by atoms with E-state index in [1.807, 2.05) is 32.0 Å². The number of phenols is 1. The molecule has 1 atom stereocenters. The summed E-state index contributed by atoms with van der Waals surface area (Å²) in [5.41, 5.74) is 0.901. The monoisotopic (exact) mass is 265 g/mol. The van der Waals surface area contributed by atoms with Gasteiger partial charge >= 0.3 is 0 Å². The summed E-state index contributed by atoms with van der Waals surface area (Å²) in [6.07, 6.45) is 0. The second-order valence-electron chi connectivity index (χ2n) is 4.51. The number of carbonyl (C=O) groups excluding carboxylic acids is 1. The van der Waals surface area contributed by atoms with Crippen LogP contribution in [0, 0.1) is 6.92 Å². The first-order chi connectivity index (χ1) is 7.94. The zero-order valence-electron chi connectivity index (χ0n) is 10.2. The number of rotatable bonds is 2. The fourth-order valence-electron chi connectivity index (χ4n) is 1.65. The highest BCUT2D eigenvalue weighted by atomic mass is 32.2. The maximum absolute atomic E-state index is 11.5. The summed E-state index contributed by atoms with van der Waals surface area (Å²) in [5, 5.41) is 10.7. The molecule has 1 aliphatic heterocycles. The first-order valence-electron chi connectivity index (χ1n) is 5.47. The first-order valence-corrected chi connectivity index (χ1v) is 6.45. The van der Waals surface area contributed by atoms with Crippen LogP contribution in [-0.2, 0) is 4.79 Å². The zero-order chi connectivity index (χ0) is 12.6. The van der Waals surface area contributed by atoms with Crippen molar-refractivity contribution in [3.05, 3.63) is 29.3 Å². The third-order valence-electron chi connectivity index (χ3n) is 3.06. The molecule has 3 nitrogen and oxygen atoms in total. The molecule has 98 valence electrons. The van der Waals surface area contributed by atoms with Gasteiger partial charge in [0.15, 0.2) is 5.78 Å². The Balaban J connectivity index is 0.00000162. The minimum Gasteiger partial charge on any atom is -0.507 e. The largest absolute Gasteiger partial charge is 0.507 e. The Kier molecular flexibility index (Phi) is 4.22. The molecule has 0 bridgehead atoms. The van der Waals surface area contributed by atoms with E-state index in [9.17, 15) is 9.90 Å². The lowest BCUT2D eigenvalue weighted by Crippen LogP contribution is -2.31. The molecule has 0 saturated carbocycles. The number of ketones is 1. The molecule has 1 aliphatic rings. The predicted molar refractivity (Wildman–Crippen MR) is 77.7 cm³/mol. The fraction of sp³-hybridized carbons (Fsp3) is 0.429. The van der Waals surface area contributed by atoms with Crippen LogP contribution in [0.15, 0.2) is 23.2 Å². The van der Waals surface area contributed by atoms with Gasteiger partial charge in [-0.15, -0.1) is 11.8 Å². The number of aryl methyl sites for hydroxylation is 1. The SMILES string of the molecule is C.CC(=O)[C@@]1(C)CSC(c2cccc(C)c2O)=N1. The lowest BCUT2D eigenvalue weighted by atomic mass is 10.0. The highest BCUT2D eigenvalue weighted by Crippen LogP contribution is 2.35. The number of phenolic OH excluding ortho intramolecular Hbond substituents is 1. The van der Waals surface area contributed by atoms with E-state index in [1.165, 1.54) is 11.8 Å². The van der Waals surface area contributed by atoms with Gasteiger partial charge < -0.3 is 5.11 Å². The smallest absolute Gasteiger partial charge is 0.157 e. The minimum absolute atomic E-state index is 0. The normalized spacial score (nSPS) is 22.3. The molecule has 0 aliphatic carbocycles. The molecule has 0 fully saturated rings. The number of thioether (sulfide) groups is 1. The van der Waals surface area contributed by atoms with Gasteiger partial charge in [0.2, 0.25) is 0 Å². The van der Waals surface area contributed by atoms with Gasteiger partial charge in [-0.2, -0.15) is 0 Å². The van der Waals surface area contributed by atoms with E-state index in [0.717, 1.165) is 16.2 Å². The molecular weight excluding hydrogens is 246 g/mol. The Hall–Kier alpha value is -1.29. The Morgan fingerprint density at radius 1 is 1.50 bits per heavy atom. The number of nitrogens with zero attached hydrogens (tertiary/aromatic N) is 1. The van der Waals surface area contributed by atoms with Gasteiger partial charge in [0, 0.05) is 11.3 Å². The second-order valence-corrected chi connectivity index (χ2v) is 5.47. The highest BCUT2D eigenvalue weighted by molar-refractivity contribution is 8.14. The number of carbonyl (C=O) groups is 1. The van der Waals surface area contributed by atoms with Crippen LogP contribution < -0.4 is 0 Å². The number of aliphatic imine (C=N–C) groups is 1. The standard InChI is InChI=1S/C13H15NO2S.CH4/c1-8-5-4-6-10(11(8)16)12-14-13(3,7-17-12)9(2)15;/h4-6,16H,7H2,1-3H3;1H4/t13-;/m1./s1. The second kappa shape index (κ2) is 5.14. The molecule has 4 heteroatoms. The Morgan fingerprint density at radius 2 is 2.17 bits per heavy atom. The number of benzene rings is 1. The van der Waals surface area contributed by atoms with E-state index >= 15 is 0 Å². The Labute approximate surface area is 112 Å². The van der Waals surface area contributed by atoms with Crippen molar-refractivity contribution >= 4 is 22.6 Å². The van der Waals surface area contributed by atoms with E-state index in [0.29, 0.717) is 5.75 Å². The molecule has 0 radical (unpaired) electrons. The maximum Gasteiger partial charge on any atom is 0.157 e. The van der Waals surface area contributed by atoms with Crippen LogP contribution in [0.2, 0.25) is 0 Å². The third kappa shape index (κ3) is 2.43. The van der Waals surface area contributed by atoms with Crippen molar-refractivity contribution in [2.24, 2.45) is 4.99 Å². The zero-order valence-corrected chi connectivity index (χ0v) is 11.0. The summed E-state index contributed by atoms with van der Waals surface area (Å²) in [5.74, 6) is 0.962. The molecule has 0 saturated heterocycles. The highest BCUT2D eigenvalue weighted by Gasteiger charge is 2.36. The summed E-state index contributed by atoms with van der Waals surface area (Å²) >= 11 is 1.52. The van der Waals surface area contributed by atoms with Crippen LogP contribution in [0.1, 0.15) is 32.4 Å². The van der Waals surface area contributed by atoms with E-state index in [2.05, 4.69) is 4.99 Å². The van der Waals surface area contributed by atoms with Gasteiger partial charge in [0.25, 0.3) is 0 Å². The predicted octanol–water partition coefficient (Wildman–Crippen LogP) is 3.18. The number of hydrogen-bond acceptors (Lipinski definition) is 4. The number of aromatic hydroxyl groups is 1. The van der Waals surface area contributed by atoms with E-state index < -0.39 is 5.54 Å². The summed E-state index contributed by atoms with van der Waals surface area (Å²) < 4.78 is 0. The van der Waals surface area contributed by atoms with Crippen molar-refractivity contribution in [2.45, 2.75) is 33.7 Å². The van der Waals surface area contributed by atoms with Gasteiger partial charge in [-0.05, 0) is 32.4 Å². The van der Waals surface area contributed by atoms with Crippen molar-refractivity contribution in [1.29, 1.82) is 0 Å². The van der Waals surface area contributed by atoms with Crippen molar-refractivity contribution in [3.8, 4) is 5.75 Å². The van der Waals surface area contributed by atoms with Crippen molar-refractivity contribution < 1.29 is 9.90 Å². The number of para-hydroxylation sites is 1. The molecule has 0 spiro atoms. The van der Waals surface area contributed by atoms with Gasteiger partial charge in [-0.3, -0.25) is 9.79 Å². The van der Waals surface area contributed by atoms with Crippen LogP contribution >= 0.6 is 11.8 Å². The molecule has 0 amide bonds. The quantitative estimate of drug-likeness (QED) is 0.893. The van der Waals surface area contributed by atoms with Crippen LogP contribution in [0.4, 0.5) is 0 Å². The van der Waals surface area contributed by atoms with Crippen molar-refractivity contribution in [2.75, 3.05) is 5.75 Å². The lowest BCUT2D eigenvalue weighted by Gasteiger charge is -2.14. The van der Waals surface area contributed by atoms with Crippen LogP contribution in [-0.4, -0.2) is 27.2 Å². The van der Waals surface area contributed by atoms with Crippen molar-refractivity contribution in [3.63, 3.8) is 0 Å².